The van der Waals surface area contributed by atoms with Crippen LogP contribution in [0.25, 0.3) is 10.9 Å². The Hall–Kier alpha value is -1.70. The number of alkyl halides is 3. The minimum Gasteiger partial charge on any atom is -0.496 e. The molecule has 1 aromatic heterocycles. The van der Waals surface area contributed by atoms with Crippen LogP contribution in [0.1, 0.15) is 11.5 Å². The third-order valence-corrected chi connectivity index (χ3v) is 3.57. The molecule has 0 spiro atoms. The molecule has 5 nitrogen and oxygen atoms in total. The van der Waals surface area contributed by atoms with Crippen LogP contribution < -0.4 is 4.74 Å². The third-order valence-electron chi connectivity index (χ3n) is 3.02. The van der Waals surface area contributed by atoms with E-state index < -0.39 is 22.2 Å². The van der Waals surface area contributed by atoms with Crippen molar-refractivity contribution in [2.45, 2.75) is 10.7 Å². The molecule has 8 heteroatoms. The Morgan fingerprint density at radius 1 is 1.55 bits per heavy atom. The van der Waals surface area contributed by atoms with Crippen molar-refractivity contribution in [3.05, 3.63) is 40.1 Å². The predicted molar refractivity (Wildman–Crippen MR) is 73.3 cm³/mol. The van der Waals surface area contributed by atoms with E-state index in [1.165, 1.54) is 13.3 Å². The molecule has 1 aromatic carbocycles. The maximum absolute atomic E-state index is 13.6. The Morgan fingerprint density at radius 3 is 2.80 bits per heavy atom. The number of nitrogens with zero attached hydrogens (tertiary/aromatic N) is 1. The number of fused-ring (bicyclic) bond motifs is 1. The summed E-state index contributed by atoms with van der Waals surface area (Å²) in [6, 6.07) is 5.02. The van der Waals surface area contributed by atoms with Crippen molar-refractivity contribution in [2.24, 2.45) is 0 Å². The molecule has 108 valence electrons. The lowest BCUT2D eigenvalue weighted by Crippen LogP contribution is -2.26. The first-order chi connectivity index (χ1) is 9.34. The molecule has 0 saturated heterocycles. The zero-order chi connectivity index (χ0) is 14.9. The second kappa shape index (κ2) is 5.35. The molecule has 0 fully saturated rings. The summed E-state index contributed by atoms with van der Waals surface area (Å²) >= 11 is 2.23. The third kappa shape index (κ3) is 2.74. The molecule has 2 aromatic rings. The van der Waals surface area contributed by atoms with Gasteiger partial charge in [-0.25, -0.2) is 0 Å². The SMILES string of the molecule is COc1cccc2[nH]cc(C(C[N+](=O)[O-])C(F)(F)Br)c12. The van der Waals surface area contributed by atoms with E-state index in [4.69, 9.17) is 4.74 Å². The van der Waals surface area contributed by atoms with Gasteiger partial charge in [0.1, 0.15) is 11.7 Å². The summed E-state index contributed by atoms with van der Waals surface area (Å²) in [6.07, 6.45) is 1.36. The largest absolute Gasteiger partial charge is 0.496 e. The maximum Gasteiger partial charge on any atom is 0.314 e. The minimum atomic E-state index is -3.39. The lowest BCUT2D eigenvalue weighted by atomic mass is 9.98. The van der Waals surface area contributed by atoms with Crippen LogP contribution in [0.2, 0.25) is 0 Å². The number of aromatic amines is 1. The smallest absolute Gasteiger partial charge is 0.314 e. The Kier molecular flexibility index (Phi) is 3.94. The van der Waals surface area contributed by atoms with Gasteiger partial charge in [-0.3, -0.25) is 10.1 Å². The molecule has 1 unspecified atom stereocenters. The zero-order valence-electron chi connectivity index (χ0n) is 10.4. The molecule has 0 bridgehead atoms. The molecule has 0 saturated carbocycles. The molecule has 0 aliphatic rings. The van der Waals surface area contributed by atoms with Crippen molar-refractivity contribution in [2.75, 3.05) is 13.7 Å². The first-order valence-electron chi connectivity index (χ1n) is 5.67. The highest BCUT2D eigenvalue weighted by Gasteiger charge is 2.43. The standard InChI is InChI=1S/C12H11BrF2N2O3/c1-20-10-4-2-3-9-11(10)7(5-16-9)8(6-17(18)19)12(13,14)15/h2-5,8,16H,6H2,1H3. The van der Waals surface area contributed by atoms with E-state index in [9.17, 15) is 18.9 Å². The number of hydrogen-bond donors (Lipinski definition) is 1. The van der Waals surface area contributed by atoms with Crippen LogP contribution in [-0.2, 0) is 0 Å². The molecule has 2 rings (SSSR count). The molecule has 1 heterocycles. The molecule has 0 aliphatic carbocycles. The average Bonchev–Trinajstić information content (AvgIpc) is 2.77. The van der Waals surface area contributed by atoms with Gasteiger partial charge < -0.3 is 9.72 Å². The zero-order valence-corrected chi connectivity index (χ0v) is 12.0. The molecular formula is C12H11BrF2N2O3. The summed E-state index contributed by atoms with van der Waals surface area (Å²) in [5.41, 5.74) is 0.737. The van der Waals surface area contributed by atoms with Gasteiger partial charge in [0.15, 0.2) is 0 Å². The predicted octanol–water partition coefficient (Wildman–Crippen LogP) is 3.52. The monoisotopic (exact) mass is 348 g/mol. The maximum atomic E-state index is 13.6. The lowest BCUT2D eigenvalue weighted by Gasteiger charge is -2.18. The van der Waals surface area contributed by atoms with E-state index in [1.807, 2.05) is 0 Å². The lowest BCUT2D eigenvalue weighted by molar-refractivity contribution is -0.486. The van der Waals surface area contributed by atoms with Gasteiger partial charge in [-0.1, -0.05) is 6.07 Å². The molecule has 1 N–H and O–H groups in total. The fourth-order valence-electron chi connectivity index (χ4n) is 2.15. The van der Waals surface area contributed by atoms with E-state index in [1.54, 1.807) is 18.2 Å². The number of nitrogens with one attached hydrogen (secondary N) is 1. The van der Waals surface area contributed by atoms with Crippen LogP contribution in [0.15, 0.2) is 24.4 Å². The molecule has 20 heavy (non-hydrogen) atoms. The van der Waals surface area contributed by atoms with Gasteiger partial charge in [0.25, 0.3) is 0 Å². The Balaban J connectivity index is 2.62. The van der Waals surface area contributed by atoms with Crippen LogP contribution in [0, 0.1) is 10.1 Å². The van der Waals surface area contributed by atoms with Crippen molar-refractivity contribution >= 4 is 26.8 Å². The number of methoxy groups -OCH3 is 1. The first-order valence-corrected chi connectivity index (χ1v) is 6.46. The van der Waals surface area contributed by atoms with Crippen LogP contribution in [-0.4, -0.2) is 28.4 Å². The van der Waals surface area contributed by atoms with Gasteiger partial charge in [-0.15, -0.1) is 0 Å². The normalized spacial score (nSPS) is 13.4. The average molecular weight is 349 g/mol. The van der Waals surface area contributed by atoms with Gasteiger partial charge in [0.05, 0.1) is 7.11 Å². The molecule has 0 amide bonds. The highest BCUT2D eigenvalue weighted by atomic mass is 79.9. The van der Waals surface area contributed by atoms with Crippen molar-refractivity contribution < 1.29 is 18.4 Å². The van der Waals surface area contributed by atoms with Crippen molar-refractivity contribution in [1.29, 1.82) is 0 Å². The highest BCUT2D eigenvalue weighted by molar-refractivity contribution is 9.10. The van der Waals surface area contributed by atoms with E-state index in [-0.39, 0.29) is 5.56 Å². The van der Waals surface area contributed by atoms with Gasteiger partial charge in [-0.2, -0.15) is 8.78 Å². The van der Waals surface area contributed by atoms with Crippen LogP contribution >= 0.6 is 15.9 Å². The summed E-state index contributed by atoms with van der Waals surface area (Å²) < 4.78 is 32.4. The molecular weight excluding hydrogens is 338 g/mol. The first kappa shape index (κ1) is 14.7. The summed E-state index contributed by atoms with van der Waals surface area (Å²) in [5.74, 6) is -1.20. The summed E-state index contributed by atoms with van der Waals surface area (Å²) in [6.45, 7) is -0.886. The van der Waals surface area contributed by atoms with Gasteiger partial charge in [0, 0.05) is 22.0 Å². The van der Waals surface area contributed by atoms with Crippen LogP contribution in [0.4, 0.5) is 8.78 Å². The summed E-state index contributed by atoms with van der Waals surface area (Å²) in [4.78, 5) is 9.34. The van der Waals surface area contributed by atoms with Crippen molar-refractivity contribution in [3.8, 4) is 5.75 Å². The number of nitro groups is 1. The number of hydrogen-bond acceptors (Lipinski definition) is 3. The van der Waals surface area contributed by atoms with Gasteiger partial charge in [0.2, 0.25) is 6.54 Å². The highest BCUT2D eigenvalue weighted by Crippen LogP contribution is 2.43. The van der Waals surface area contributed by atoms with E-state index >= 15 is 0 Å². The number of rotatable bonds is 5. The minimum absolute atomic E-state index is 0.149. The molecule has 0 aliphatic heterocycles. The van der Waals surface area contributed by atoms with Gasteiger partial charge in [-0.05, 0) is 33.6 Å². The van der Waals surface area contributed by atoms with Crippen molar-refractivity contribution in [1.82, 2.24) is 4.98 Å². The number of halogens is 3. The molecule has 1 atom stereocenters. The second-order valence-corrected chi connectivity index (χ2v) is 5.29. The van der Waals surface area contributed by atoms with Crippen molar-refractivity contribution in [3.63, 3.8) is 0 Å². The Labute approximate surface area is 121 Å². The molecule has 0 radical (unpaired) electrons. The summed E-state index contributed by atoms with van der Waals surface area (Å²) in [7, 11) is 1.42. The number of ether oxygens (including phenoxy) is 1. The number of aromatic nitrogens is 1. The fourth-order valence-corrected chi connectivity index (χ4v) is 2.54. The second-order valence-electron chi connectivity index (χ2n) is 4.24. The fraction of sp³-hybridized carbons (Fsp3) is 0.333. The topological polar surface area (TPSA) is 68.2 Å². The number of benzene rings is 1. The Bertz CT molecular complexity index is 639. The number of H-pyrrole nitrogens is 1. The van der Waals surface area contributed by atoms with Gasteiger partial charge >= 0.3 is 4.83 Å². The quantitative estimate of drug-likeness (QED) is 0.510. The summed E-state index contributed by atoms with van der Waals surface area (Å²) in [5, 5.41) is 11.1. The van der Waals surface area contributed by atoms with E-state index in [0.29, 0.717) is 16.7 Å². The Morgan fingerprint density at radius 2 is 2.25 bits per heavy atom. The van der Waals surface area contributed by atoms with E-state index in [0.717, 1.165) is 0 Å². The van der Waals surface area contributed by atoms with Crippen LogP contribution in [0.5, 0.6) is 5.75 Å². The van der Waals surface area contributed by atoms with Crippen LogP contribution in [0.3, 0.4) is 0 Å². The van der Waals surface area contributed by atoms with E-state index in [2.05, 4.69) is 20.9 Å².